The average molecular weight is 585 g/mol. The van der Waals surface area contributed by atoms with Crippen molar-refractivity contribution in [2.24, 2.45) is 16.1 Å². The number of guanidine groups is 1. The van der Waals surface area contributed by atoms with E-state index in [0.29, 0.717) is 44.3 Å². The number of aromatic nitrogens is 5. The average Bonchev–Trinajstić information content (AvgIpc) is 3.64. The number of aliphatic hydroxyl groups excluding tert-OH is 1. The third-order valence-corrected chi connectivity index (χ3v) is 6.73. The number of benzene rings is 2. The first-order chi connectivity index (χ1) is 19.5. The molecule has 0 spiro atoms. The fraction of sp³-hybridized carbons (Fsp3) is 0.321. The van der Waals surface area contributed by atoms with E-state index < -0.39 is 25.1 Å². The monoisotopic (exact) mass is 584 g/mol. The van der Waals surface area contributed by atoms with E-state index in [0.717, 1.165) is 6.42 Å². The highest BCUT2D eigenvalue weighted by Crippen LogP contribution is 2.31. The maximum Gasteiger partial charge on any atom is 0.333 e. The number of nitrogens with zero attached hydrogens (tertiary/aromatic N) is 6. The number of aliphatic hydroxyl groups is 1. The van der Waals surface area contributed by atoms with E-state index in [1.165, 1.54) is 23.6 Å². The van der Waals surface area contributed by atoms with Crippen molar-refractivity contribution in [3.63, 3.8) is 0 Å². The SMILES string of the molecule is CC(C)(C)CCN=C(N)N(C(=O)c1ccc(-c2cnn(C(F)F)c2)cc1)[C@H](CO)c1ccc(Cl)c(-c2ncn[nH]2)c1. The van der Waals surface area contributed by atoms with E-state index in [1.807, 2.05) is 0 Å². The number of hydrogen-bond acceptors (Lipinski definition) is 6. The minimum atomic E-state index is -2.76. The summed E-state index contributed by atoms with van der Waals surface area (Å²) in [6, 6.07) is 10.5. The van der Waals surface area contributed by atoms with Crippen LogP contribution in [0.5, 0.6) is 0 Å². The van der Waals surface area contributed by atoms with Crippen LogP contribution in [0, 0.1) is 5.41 Å². The van der Waals surface area contributed by atoms with Gasteiger partial charge in [0, 0.05) is 29.4 Å². The van der Waals surface area contributed by atoms with E-state index in [-0.39, 0.29) is 16.9 Å². The van der Waals surface area contributed by atoms with Gasteiger partial charge in [-0.2, -0.15) is 19.0 Å². The lowest BCUT2D eigenvalue weighted by atomic mass is 9.92. The summed E-state index contributed by atoms with van der Waals surface area (Å²) in [6.45, 7) is 3.36. The number of carbonyl (C=O) groups is 1. The molecule has 216 valence electrons. The van der Waals surface area contributed by atoms with Crippen molar-refractivity contribution in [3.8, 4) is 22.5 Å². The number of aliphatic imine (C=N–C) groups is 1. The molecule has 4 N–H and O–H groups in total. The Morgan fingerprint density at radius 1 is 1.20 bits per heavy atom. The molecule has 1 amide bonds. The second-order valence-corrected chi connectivity index (χ2v) is 11.0. The molecule has 2 aromatic heterocycles. The van der Waals surface area contributed by atoms with Gasteiger partial charge in [0.2, 0.25) is 0 Å². The first kappa shape index (κ1) is 29.8. The zero-order valence-electron chi connectivity index (χ0n) is 22.8. The number of H-pyrrole nitrogens is 1. The lowest BCUT2D eigenvalue weighted by Crippen LogP contribution is -2.46. The van der Waals surface area contributed by atoms with E-state index in [1.54, 1.807) is 42.5 Å². The van der Waals surface area contributed by atoms with Gasteiger partial charge in [-0.05, 0) is 47.2 Å². The Hall–Kier alpha value is -4.16. The number of aromatic amines is 1. The van der Waals surface area contributed by atoms with Crippen LogP contribution in [-0.2, 0) is 0 Å². The lowest BCUT2D eigenvalue weighted by Gasteiger charge is -2.31. The number of rotatable bonds is 9. The predicted octanol–water partition coefficient (Wildman–Crippen LogP) is 5.31. The summed E-state index contributed by atoms with van der Waals surface area (Å²) in [5.41, 5.74) is 8.81. The standard InChI is InChI=1S/C28H31ClF2N8O2/c1-28(2,3)10-11-33-27(32)39(23(15-40)19-8-9-22(29)21(12-19)24-34-16-35-37-24)25(41)18-6-4-17(5-7-18)20-13-36-38(14-20)26(30)31/h4-9,12-14,16,23,26,40H,10-11,15H2,1-3H3,(H2,32,33)(H,34,35,37)/t23-/m1/s1. The summed E-state index contributed by atoms with van der Waals surface area (Å²) in [5, 5.41) is 21.2. The van der Waals surface area contributed by atoms with Crippen molar-refractivity contribution in [1.29, 1.82) is 0 Å². The Balaban J connectivity index is 1.70. The number of halogens is 3. The van der Waals surface area contributed by atoms with Gasteiger partial charge in [-0.25, -0.2) is 9.67 Å². The van der Waals surface area contributed by atoms with Gasteiger partial charge >= 0.3 is 6.55 Å². The van der Waals surface area contributed by atoms with Crippen LogP contribution in [0.4, 0.5) is 8.78 Å². The quantitative estimate of drug-likeness (QED) is 0.180. The topological polar surface area (TPSA) is 138 Å². The number of alkyl halides is 2. The Bertz CT molecular complexity index is 1500. The Morgan fingerprint density at radius 3 is 2.51 bits per heavy atom. The van der Waals surface area contributed by atoms with Crippen molar-refractivity contribution < 1.29 is 18.7 Å². The number of hydrogen-bond donors (Lipinski definition) is 3. The Labute approximate surface area is 240 Å². The van der Waals surface area contributed by atoms with Crippen LogP contribution in [0.2, 0.25) is 5.02 Å². The van der Waals surface area contributed by atoms with E-state index in [2.05, 4.69) is 46.0 Å². The van der Waals surface area contributed by atoms with Crippen LogP contribution in [0.1, 0.15) is 55.7 Å². The second-order valence-electron chi connectivity index (χ2n) is 10.6. The van der Waals surface area contributed by atoms with Crippen molar-refractivity contribution in [3.05, 3.63) is 77.3 Å². The predicted molar refractivity (Wildman–Crippen MR) is 152 cm³/mol. The Morgan fingerprint density at radius 2 is 1.93 bits per heavy atom. The molecule has 0 saturated heterocycles. The molecule has 10 nitrogen and oxygen atoms in total. The molecule has 0 aliphatic rings. The van der Waals surface area contributed by atoms with Crippen LogP contribution < -0.4 is 5.73 Å². The van der Waals surface area contributed by atoms with Crippen molar-refractivity contribution in [2.45, 2.75) is 39.8 Å². The third-order valence-electron chi connectivity index (χ3n) is 6.40. The van der Waals surface area contributed by atoms with E-state index in [4.69, 9.17) is 17.3 Å². The highest BCUT2D eigenvalue weighted by molar-refractivity contribution is 6.33. The molecule has 0 saturated carbocycles. The second kappa shape index (κ2) is 12.6. The largest absolute Gasteiger partial charge is 0.394 e. The van der Waals surface area contributed by atoms with Crippen molar-refractivity contribution >= 4 is 23.5 Å². The molecule has 0 radical (unpaired) electrons. The highest BCUT2D eigenvalue weighted by atomic mass is 35.5. The molecule has 4 rings (SSSR count). The van der Waals surface area contributed by atoms with Gasteiger partial charge in [0.05, 0.1) is 23.9 Å². The number of amides is 1. The summed E-state index contributed by atoms with van der Waals surface area (Å²) in [5.74, 6) is -0.146. The van der Waals surface area contributed by atoms with Crippen LogP contribution in [0.3, 0.4) is 0 Å². The molecular formula is C28H31ClF2N8O2. The zero-order chi connectivity index (χ0) is 29.7. The van der Waals surface area contributed by atoms with E-state index >= 15 is 0 Å². The number of nitrogens with one attached hydrogen (secondary N) is 1. The zero-order valence-corrected chi connectivity index (χ0v) is 23.6. The minimum Gasteiger partial charge on any atom is -0.394 e. The maximum atomic E-state index is 13.9. The fourth-order valence-electron chi connectivity index (χ4n) is 4.13. The molecule has 0 fully saturated rings. The van der Waals surface area contributed by atoms with Gasteiger partial charge in [-0.15, -0.1) is 0 Å². The highest BCUT2D eigenvalue weighted by Gasteiger charge is 2.30. The van der Waals surface area contributed by atoms with Gasteiger partial charge in [-0.1, -0.05) is 50.6 Å². The molecule has 2 aromatic carbocycles. The van der Waals surface area contributed by atoms with Gasteiger partial charge in [-0.3, -0.25) is 19.8 Å². The maximum absolute atomic E-state index is 13.9. The van der Waals surface area contributed by atoms with Gasteiger partial charge in [0.15, 0.2) is 11.8 Å². The summed E-state index contributed by atoms with van der Waals surface area (Å²) in [4.78, 5) is 23.8. The van der Waals surface area contributed by atoms with Crippen LogP contribution in [0.25, 0.3) is 22.5 Å². The van der Waals surface area contributed by atoms with E-state index in [9.17, 15) is 18.7 Å². The fourth-order valence-corrected chi connectivity index (χ4v) is 4.34. The molecule has 4 aromatic rings. The van der Waals surface area contributed by atoms with Crippen LogP contribution >= 0.6 is 11.6 Å². The van der Waals surface area contributed by atoms with Crippen LogP contribution in [0.15, 0.2) is 66.2 Å². The molecule has 0 bridgehead atoms. The van der Waals surface area contributed by atoms with Crippen molar-refractivity contribution in [2.75, 3.05) is 13.2 Å². The van der Waals surface area contributed by atoms with Crippen LogP contribution in [-0.4, -0.2) is 60.0 Å². The van der Waals surface area contributed by atoms with Crippen molar-refractivity contribution in [1.82, 2.24) is 29.9 Å². The van der Waals surface area contributed by atoms with Gasteiger partial charge in [0.1, 0.15) is 6.33 Å². The summed E-state index contributed by atoms with van der Waals surface area (Å²) in [6.07, 6.45) is 4.61. The smallest absolute Gasteiger partial charge is 0.333 e. The molecule has 41 heavy (non-hydrogen) atoms. The number of carbonyl (C=O) groups excluding carboxylic acids is 1. The Kier molecular flexibility index (Phi) is 9.14. The summed E-state index contributed by atoms with van der Waals surface area (Å²) >= 11 is 6.40. The van der Waals surface area contributed by atoms with Gasteiger partial charge < -0.3 is 10.8 Å². The summed E-state index contributed by atoms with van der Waals surface area (Å²) in [7, 11) is 0. The lowest BCUT2D eigenvalue weighted by molar-refractivity contribution is 0.0566. The third kappa shape index (κ3) is 7.14. The van der Waals surface area contributed by atoms with Gasteiger partial charge in [0.25, 0.3) is 5.91 Å². The molecule has 13 heteroatoms. The molecular weight excluding hydrogens is 554 g/mol. The first-order valence-corrected chi connectivity index (χ1v) is 13.2. The summed E-state index contributed by atoms with van der Waals surface area (Å²) < 4.78 is 26.5. The molecule has 2 heterocycles. The molecule has 0 aliphatic carbocycles. The molecule has 0 unspecified atom stereocenters. The molecule has 1 atom stereocenters. The minimum absolute atomic E-state index is 0.00882. The molecule has 0 aliphatic heterocycles. The normalized spacial score (nSPS) is 13.0. The number of nitrogens with two attached hydrogens (primary N) is 1. The first-order valence-electron chi connectivity index (χ1n) is 12.8.